The molecule has 2 atom stereocenters. The fourth-order valence-corrected chi connectivity index (χ4v) is 4.36. The van der Waals surface area contributed by atoms with Crippen LogP contribution in [-0.4, -0.2) is 19.4 Å². The number of halogens is 1. The fraction of sp³-hybridized carbons (Fsp3) is 0.240. The highest BCUT2D eigenvalue weighted by molar-refractivity contribution is 7.90. The maximum absolute atomic E-state index is 15.4. The van der Waals surface area contributed by atoms with Gasteiger partial charge in [0, 0.05) is 40.0 Å². The molecule has 0 aliphatic rings. The van der Waals surface area contributed by atoms with Gasteiger partial charge < -0.3 is 9.08 Å². The summed E-state index contributed by atoms with van der Waals surface area (Å²) in [5.41, 5.74) is 2.80. The first-order valence-corrected chi connectivity index (χ1v) is 11.6. The Morgan fingerprint density at radius 2 is 1.88 bits per heavy atom. The first kappa shape index (κ1) is 22.9. The average Bonchev–Trinajstić information content (AvgIpc) is 3.22. The van der Waals surface area contributed by atoms with Gasteiger partial charge in [0.05, 0.1) is 6.04 Å². The highest BCUT2D eigenvalue weighted by Gasteiger charge is 2.33. The van der Waals surface area contributed by atoms with E-state index < -0.39 is 28.0 Å². The van der Waals surface area contributed by atoms with Gasteiger partial charge in [0.25, 0.3) is 0 Å². The maximum atomic E-state index is 15.4. The van der Waals surface area contributed by atoms with Crippen molar-refractivity contribution in [1.29, 1.82) is 5.26 Å². The summed E-state index contributed by atoms with van der Waals surface area (Å²) in [6, 6.07) is 18.6. The Kier molecular flexibility index (Phi) is 6.47. The van der Waals surface area contributed by atoms with Crippen molar-refractivity contribution >= 4 is 22.3 Å². The molecule has 0 aliphatic heterocycles. The van der Waals surface area contributed by atoms with Crippen molar-refractivity contribution in [2.75, 3.05) is 0 Å². The van der Waals surface area contributed by atoms with Crippen LogP contribution in [0, 0.1) is 17.1 Å². The predicted molar refractivity (Wildman–Crippen MR) is 126 cm³/mol. The van der Waals surface area contributed by atoms with E-state index in [1.807, 2.05) is 45.0 Å². The number of fused-ring (bicyclic) bond motifs is 1. The lowest BCUT2D eigenvalue weighted by Crippen LogP contribution is -2.42. The van der Waals surface area contributed by atoms with E-state index in [9.17, 15) is 9.81 Å². The molecule has 0 fully saturated rings. The number of hydrogen-bond donors (Lipinski definition) is 1. The molecule has 6 nitrogen and oxygen atoms in total. The van der Waals surface area contributed by atoms with Crippen molar-refractivity contribution in [2.24, 2.45) is 0 Å². The van der Waals surface area contributed by atoms with E-state index in [0.717, 1.165) is 5.39 Å². The summed E-state index contributed by atoms with van der Waals surface area (Å²) >= 11 is -1.49. The first-order chi connectivity index (χ1) is 15.8. The molecule has 2 aromatic carbocycles. The third-order valence-electron chi connectivity index (χ3n) is 5.17. The van der Waals surface area contributed by atoms with Gasteiger partial charge >= 0.3 is 0 Å². The van der Waals surface area contributed by atoms with Crippen LogP contribution in [0.25, 0.3) is 22.2 Å². The lowest BCUT2D eigenvalue weighted by Gasteiger charge is -2.29. The van der Waals surface area contributed by atoms with Crippen molar-refractivity contribution in [1.82, 2.24) is 14.9 Å². The standard InChI is InChI=1S/C25H23FN4O2S/c1-25(2,3)33(31)30-21(14-16-8-6-9-17(15-27)28-16)23-19(11-7-12-20(23)26)24-18-10-4-5-13-22(18)32-29-24/h4-13,21,30H,14H2,1-3H3. The quantitative estimate of drug-likeness (QED) is 0.394. The molecule has 0 aliphatic carbocycles. The van der Waals surface area contributed by atoms with Crippen LogP contribution in [0.1, 0.15) is 43.8 Å². The number of aromatic nitrogens is 2. The van der Waals surface area contributed by atoms with E-state index in [2.05, 4.69) is 14.9 Å². The van der Waals surface area contributed by atoms with Crippen LogP contribution >= 0.6 is 0 Å². The van der Waals surface area contributed by atoms with Gasteiger partial charge in [-0.25, -0.2) is 9.37 Å². The molecule has 0 saturated heterocycles. The molecular weight excluding hydrogens is 439 g/mol. The molecule has 2 aromatic heterocycles. The summed E-state index contributed by atoms with van der Waals surface area (Å²) in [6.45, 7) is 5.53. The van der Waals surface area contributed by atoms with Crippen LogP contribution in [0.15, 0.2) is 65.2 Å². The monoisotopic (exact) mass is 462 g/mol. The highest BCUT2D eigenvalue weighted by Crippen LogP contribution is 2.36. The highest BCUT2D eigenvalue weighted by atomic mass is 32.2. The lowest BCUT2D eigenvalue weighted by atomic mass is 9.93. The zero-order chi connectivity index (χ0) is 23.6. The van der Waals surface area contributed by atoms with E-state index >= 15 is 4.39 Å². The molecule has 0 bridgehead atoms. The second-order valence-electron chi connectivity index (χ2n) is 8.61. The number of hydrogen-bond acceptors (Lipinski definition) is 6. The van der Waals surface area contributed by atoms with Crippen LogP contribution in [-0.2, 0) is 17.8 Å². The SMILES string of the molecule is CC(C)(C)[S+]([O-])NC(Cc1cccc(C#N)n1)c1c(F)cccc1-c1noc2ccccc12. The molecule has 0 spiro atoms. The molecule has 8 heteroatoms. The minimum Gasteiger partial charge on any atom is -0.598 e. The Morgan fingerprint density at radius 1 is 1.12 bits per heavy atom. The first-order valence-electron chi connectivity index (χ1n) is 10.4. The fourth-order valence-electron chi connectivity index (χ4n) is 3.55. The minimum atomic E-state index is -1.49. The summed E-state index contributed by atoms with van der Waals surface area (Å²) in [6.07, 6.45) is 0.223. The molecule has 0 saturated carbocycles. The van der Waals surface area contributed by atoms with Crippen LogP contribution in [0.2, 0.25) is 0 Å². The van der Waals surface area contributed by atoms with Crippen molar-refractivity contribution in [3.05, 3.63) is 83.4 Å². The summed E-state index contributed by atoms with van der Waals surface area (Å²) in [7, 11) is 0. The minimum absolute atomic E-state index is 0.223. The van der Waals surface area contributed by atoms with Gasteiger partial charge in [-0.05, 0) is 51.1 Å². The number of rotatable bonds is 6. The number of nitrogens with zero attached hydrogens (tertiary/aromatic N) is 3. The van der Waals surface area contributed by atoms with Gasteiger partial charge in [-0.3, -0.25) is 0 Å². The van der Waals surface area contributed by atoms with Crippen LogP contribution in [0.5, 0.6) is 0 Å². The third-order valence-corrected chi connectivity index (χ3v) is 6.78. The molecule has 0 radical (unpaired) electrons. The van der Waals surface area contributed by atoms with Crippen molar-refractivity contribution in [3.63, 3.8) is 0 Å². The second-order valence-corrected chi connectivity index (χ2v) is 10.6. The van der Waals surface area contributed by atoms with Gasteiger partial charge in [0.1, 0.15) is 28.0 Å². The molecule has 0 amide bonds. The van der Waals surface area contributed by atoms with Crippen LogP contribution in [0.4, 0.5) is 4.39 Å². The lowest BCUT2D eigenvalue weighted by molar-refractivity contribution is 0.459. The Balaban J connectivity index is 1.85. The zero-order valence-corrected chi connectivity index (χ0v) is 19.3. The van der Waals surface area contributed by atoms with E-state index in [4.69, 9.17) is 4.52 Å². The van der Waals surface area contributed by atoms with Gasteiger partial charge in [-0.15, -0.1) is 4.72 Å². The van der Waals surface area contributed by atoms with Crippen molar-refractivity contribution in [3.8, 4) is 17.3 Å². The van der Waals surface area contributed by atoms with Crippen LogP contribution in [0.3, 0.4) is 0 Å². The maximum Gasteiger partial charge on any atom is 0.167 e. The molecule has 168 valence electrons. The van der Waals surface area contributed by atoms with Gasteiger partial charge in [-0.2, -0.15) is 5.26 Å². The number of nitrogens with one attached hydrogen (secondary N) is 1. The second kappa shape index (κ2) is 9.32. The predicted octanol–water partition coefficient (Wildman–Crippen LogP) is 5.24. The van der Waals surface area contributed by atoms with Crippen molar-refractivity contribution < 1.29 is 13.5 Å². The zero-order valence-electron chi connectivity index (χ0n) is 18.5. The molecule has 4 rings (SSSR count). The molecule has 4 aromatic rings. The molecular formula is C25H23FN4O2S. The number of para-hydroxylation sites is 1. The molecule has 1 N–H and O–H groups in total. The average molecular weight is 463 g/mol. The van der Waals surface area contributed by atoms with Crippen molar-refractivity contribution in [2.45, 2.75) is 38.0 Å². The van der Waals surface area contributed by atoms with E-state index in [-0.39, 0.29) is 12.1 Å². The van der Waals surface area contributed by atoms with Gasteiger partial charge in [0.2, 0.25) is 0 Å². The summed E-state index contributed by atoms with van der Waals surface area (Å²) in [5, 5.41) is 14.2. The molecule has 2 unspecified atom stereocenters. The molecule has 33 heavy (non-hydrogen) atoms. The third kappa shape index (κ3) is 4.91. The Hall–Kier alpha value is -3.25. The molecule has 2 heterocycles. The van der Waals surface area contributed by atoms with E-state index in [1.165, 1.54) is 6.07 Å². The van der Waals surface area contributed by atoms with Crippen LogP contribution < -0.4 is 4.72 Å². The van der Waals surface area contributed by atoms with Gasteiger partial charge in [0.15, 0.2) is 5.58 Å². The summed E-state index contributed by atoms with van der Waals surface area (Å²) < 4.78 is 36.5. The number of benzene rings is 2. The Labute approximate surface area is 194 Å². The number of nitriles is 1. The Bertz CT molecular complexity index is 1330. The largest absolute Gasteiger partial charge is 0.598 e. The topological polar surface area (TPSA) is 97.8 Å². The summed E-state index contributed by atoms with van der Waals surface area (Å²) in [4.78, 5) is 4.34. The normalized spacial score (nSPS) is 13.6. The smallest absolute Gasteiger partial charge is 0.167 e. The van der Waals surface area contributed by atoms with E-state index in [1.54, 1.807) is 36.4 Å². The summed E-state index contributed by atoms with van der Waals surface area (Å²) in [5.74, 6) is -0.459. The number of pyridine rings is 1. The Morgan fingerprint density at radius 3 is 2.64 bits per heavy atom. The van der Waals surface area contributed by atoms with Gasteiger partial charge in [-0.1, -0.05) is 35.5 Å². The van der Waals surface area contributed by atoms with E-state index in [0.29, 0.717) is 28.1 Å².